The number of aliphatic hydroxyl groups excluding tert-OH is 1. The Morgan fingerprint density at radius 3 is 2.94 bits per heavy atom. The minimum absolute atomic E-state index is 0.0790. The van der Waals surface area contributed by atoms with E-state index in [1.807, 2.05) is 0 Å². The smallest absolute Gasteiger partial charge is 0.134 e. The molecule has 5 heteroatoms. The molecule has 3 N–H and O–H groups in total. The Kier molecular flexibility index (Phi) is 3.19. The summed E-state index contributed by atoms with van der Waals surface area (Å²) in [4.78, 5) is 10.3. The Hall–Kier alpha value is -1.36. The van der Waals surface area contributed by atoms with Crippen molar-refractivity contribution in [1.82, 2.24) is 9.97 Å². The highest BCUT2D eigenvalue weighted by atomic mass is 16.3. The van der Waals surface area contributed by atoms with Crippen molar-refractivity contribution in [3.05, 3.63) is 12.4 Å². The lowest BCUT2D eigenvalue weighted by atomic mass is 9.87. The molecule has 0 amide bonds. The van der Waals surface area contributed by atoms with Crippen LogP contribution >= 0.6 is 0 Å². The summed E-state index contributed by atoms with van der Waals surface area (Å²) in [5, 5.41) is 9.86. The third-order valence-corrected chi connectivity index (χ3v) is 3.14. The summed E-state index contributed by atoms with van der Waals surface area (Å²) in [7, 11) is 0. The van der Waals surface area contributed by atoms with E-state index < -0.39 is 0 Å². The Labute approximate surface area is 102 Å². The number of hydrogen-bond acceptors (Lipinski definition) is 5. The van der Waals surface area contributed by atoms with E-state index in [0.29, 0.717) is 5.82 Å². The lowest BCUT2D eigenvalue weighted by Gasteiger charge is -2.30. The summed E-state index contributed by atoms with van der Waals surface area (Å²) in [5.41, 5.74) is 5.75. The van der Waals surface area contributed by atoms with Gasteiger partial charge in [-0.05, 0) is 18.3 Å². The molecule has 1 unspecified atom stereocenters. The van der Waals surface area contributed by atoms with E-state index in [1.165, 1.54) is 6.33 Å². The van der Waals surface area contributed by atoms with Crippen LogP contribution in [-0.2, 0) is 0 Å². The van der Waals surface area contributed by atoms with Crippen molar-refractivity contribution in [1.29, 1.82) is 0 Å². The number of anilines is 2. The maximum atomic E-state index is 9.86. The summed E-state index contributed by atoms with van der Waals surface area (Å²) < 4.78 is 0. The number of hydrogen-bond donors (Lipinski definition) is 2. The first kappa shape index (κ1) is 12.1. The lowest BCUT2D eigenvalue weighted by molar-refractivity contribution is 0.123. The molecule has 0 aromatic carbocycles. The molecule has 2 rings (SSSR count). The summed E-state index contributed by atoms with van der Waals surface area (Å²) in [6, 6.07) is 1.79. The first-order valence-corrected chi connectivity index (χ1v) is 5.97. The zero-order valence-corrected chi connectivity index (χ0v) is 10.4. The summed E-state index contributed by atoms with van der Waals surface area (Å²) in [5.74, 6) is 1.33. The SMILES string of the molecule is CC1(C)CC(O)CCN(c2cc(N)ncn2)C1. The van der Waals surface area contributed by atoms with Crippen LogP contribution in [-0.4, -0.2) is 34.3 Å². The molecule has 17 heavy (non-hydrogen) atoms. The van der Waals surface area contributed by atoms with Crippen molar-refractivity contribution in [2.24, 2.45) is 5.41 Å². The number of nitrogens with zero attached hydrogens (tertiary/aromatic N) is 3. The van der Waals surface area contributed by atoms with E-state index in [0.717, 1.165) is 31.7 Å². The van der Waals surface area contributed by atoms with Gasteiger partial charge >= 0.3 is 0 Å². The highest BCUT2D eigenvalue weighted by Crippen LogP contribution is 2.30. The van der Waals surface area contributed by atoms with E-state index in [2.05, 4.69) is 28.7 Å². The maximum absolute atomic E-state index is 9.86. The first-order chi connectivity index (χ1) is 7.96. The molecule has 0 spiro atoms. The minimum atomic E-state index is -0.228. The van der Waals surface area contributed by atoms with Crippen molar-refractivity contribution in [3.63, 3.8) is 0 Å². The van der Waals surface area contributed by atoms with E-state index in [9.17, 15) is 5.11 Å². The van der Waals surface area contributed by atoms with Crippen molar-refractivity contribution in [2.45, 2.75) is 32.8 Å². The number of aromatic nitrogens is 2. The van der Waals surface area contributed by atoms with Gasteiger partial charge in [0.1, 0.15) is 18.0 Å². The molecular formula is C12H20N4O. The van der Waals surface area contributed by atoms with E-state index in [-0.39, 0.29) is 11.5 Å². The lowest BCUT2D eigenvalue weighted by Crippen LogP contribution is -2.33. The third kappa shape index (κ3) is 3.06. The monoisotopic (exact) mass is 236 g/mol. The number of nitrogen functional groups attached to an aromatic ring is 1. The first-order valence-electron chi connectivity index (χ1n) is 5.97. The zero-order chi connectivity index (χ0) is 12.5. The van der Waals surface area contributed by atoms with Crippen molar-refractivity contribution in [3.8, 4) is 0 Å². The second kappa shape index (κ2) is 4.49. The van der Waals surface area contributed by atoms with Gasteiger partial charge in [0.2, 0.25) is 0 Å². The maximum Gasteiger partial charge on any atom is 0.134 e. The van der Waals surface area contributed by atoms with Crippen molar-refractivity contribution >= 4 is 11.6 Å². The standard InChI is InChI=1S/C12H20N4O/c1-12(2)6-9(17)3-4-16(7-12)11-5-10(13)14-8-15-11/h5,8-9,17H,3-4,6-7H2,1-2H3,(H2,13,14,15). The largest absolute Gasteiger partial charge is 0.393 e. The quantitative estimate of drug-likeness (QED) is 0.762. The van der Waals surface area contributed by atoms with Gasteiger partial charge in [-0.2, -0.15) is 0 Å². The normalized spacial score (nSPS) is 24.4. The molecule has 0 saturated carbocycles. The molecule has 2 heterocycles. The molecule has 1 aliphatic rings. The Bertz CT molecular complexity index is 394. The number of nitrogens with two attached hydrogens (primary N) is 1. The van der Waals surface area contributed by atoms with Crippen LogP contribution in [0.2, 0.25) is 0 Å². The van der Waals surface area contributed by atoms with Crippen molar-refractivity contribution < 1.29 is 5.11 Å². The number of rotatable bonds is 1. The minimum Gasteiger partial charge on any atom is -0.393 e. The van der Waals surface area contributed by atoms with Crippen LogP contribution in [0.1, 0.15) is 26.7 Å². The van der Waals surface area contributed by atoms with E-state index in [1.54, 1.807) is 6.07 Å². The number of aliphatic hydroxyl groups is 1. The predicted octanol–water partition coefficient (Wildman–Crippen LogP) is 1.05. The van der Waals surface area contributed by atoms with Crippen LogP contribution in [0.15, 0.2) is 12.4 Å². The van der Waals surface area contributed by atoms with E-state index in [4.69, 9.17) is 5.73 Å². The fourth-order valence-corrected chi connectivity index (χ4v) is 2.44. The second-order valence-corrected chi connectivity index (χ2v) is 5.53. The van der Waals surface area contributed by atoms with Gasteiger partial charge in [0.15, 0.2) is 0 Å². The molecule has 1 aromatic heterocycles. The molecule has 94 valence electrons. The van der Waals surface area contributed by atoms with Crippen LogP contribution in [0.25, 0.3) is 0 Å². The Morgan fingerprint density at radius 2 is 2.24 bits per heavy atom. The molecule has 0 radical (unpaired) electrons. The van der Waals surface area contributed by atoms with Crippen LogP contribution in [0, 0.1) is 5.41 Å². The van der Waals surface area contributed by atoms with Gasteiger partial charge in [0.25, 0.3) is 0 Å². The molecule has 1 atom stereocenters. The molecule has 1 fully saturated rings. The molecule has 1 saturated heterocycles. The fourth-order valence-electron chi connectivity index (χ4n) is 2.44. The second-order valence-electron chi connectivity index (χ2n) is 5.53. The Balaban J connectivity index is 2.20. The van der Waals surface area contributed by atoms with Gasteiger partial charge < -0.3 is 15.7 Å². The third-order valence-electron chi connectivity index (χ3n) is 3.14. The fraction of sp³-hybridized carbons (Fsp3) is 0.667. The molecule has 5 nitrogen and oxygen atoms in total. The predicted molar refractivity (Wildman–Crippen MR) is 67.7 cm³/mol. The van der Waals surface area contributed by atoms with Crippen LogP contribution in [0.5, 0.6) is 0 Å². The van der Waals surface area contributed by atoms with Gasteiger partial charge in [-0.25, -0.2) is 9.97 Å². The van der Waals surface area contributed by atoms with Gasteiger partial charge in [0, 0.05) is 19.2 Å². The Morgan fingerprint density at radius 1 is 1.47 bits per heavy atom. The summed E-state index contributed by atoms with van der Waals surface area (Å²) in [6.07, 6.45) is 2.85. The average Bonchev–Trinajstić information content (AvgIpc) is 2.36. The van der Waals surface area contributed by atoms with Gasteiger partial charge in [-0.15, -0.1) is 0 Å². The van der Waals surface area contributed by atoms with E-state index >= 15 is 0 Å². The van der Waals surface area contributed by atoms with Crippen LogP contribution in [0.3, 0.4) is 0 Å². The highest BCUT2D eigenvalue weighted by Gasteiger charge is 2.29. The summed E-state index contributed by atoms with van der Waals surface area (Å²) in [6.45, 7) is 6.01. The van der Waals surface area contributed by atoms with Crippen LogP contribution < -0.4 is 10.6 Å². The highest BCUT2D eigenvalue weighted by molar-refractivity contribution is 5.46. The zero-order valence-electron chi connectivity index (χ0n) is 10.4. The van der Waals surface area contributed by atoms with Gasteiger partial charge in [-0.1, -0.05) is 13.8 Å². The molecular weight excluding hydrogens is 216 g/mol. The van der Waals surface area contributed by atoms with Gasteiger partial charge in [0.05, 0.1) is 6.10 Å². The topological polar surface area (TPSA) is 75.3 Å². The molecule has 0 aliphatic carbocycles. The summed E-state index contributed by atoms with van der Waals surface area (Å²) >= 11 is 0. The van der Waals surface area contributed by atoms with Gasteiger partial charge in [-0.3, -0.25) is 0 Å². The molecule has 1 aromatic rings. The molecule has 0 bridgehead atoms. The molecule has 1 aliphatic heterocycles. The average molecular weight is 236 g/mol. The van der Waals surface area contributed by atoms with Crippen molar-refractivity contribution in [2.75, 3.05) is 23.7 Å². The van der Waals surface area contributed by atoms with Crippen LogP contribution in [0.4, 0.5) is 11.6 Å².